The Balaban J connectivity index is 2.87. The minimum atomic E-state index is -0.169. The molecule has 2 heteroatoms. The molecule has 0 aromatic carbocycles. The van der Waals surface area contributed by atoms with Gasteiger partial charge >= 0.3 is 0 Å². The van der Waals surface area contributed by atoms with Gasteiger partial charge in [0.15, 0.2) is 0 Å². The summed E-state index contributed by atoms with van der Waals surface area (Å²) in [5, 5.41) is 0. The third-order valence-corrected chi connectivity index (χ3v) is 2.17. The monoisotopic (exact) mass is 184 g/mol. The van der Waals surface area contributed by atoms with E-state index in [0.717, 1.165) is 19.3 Å². The highest BCUT2D eigenvalue weighted by molar-refractivity contribution is 5.73. The summed E-state index contributed by atoms with van der Waals surface area (Å²) in [5.41, 5.74) is 5.03. The summed E-state index contributed by atoms with van der Waals surface area (Å²) in [7, 11) is 0. The predicted octanol–water partition coefficient (Wildman–Crippen LogP) is 2.82. The van der Waals surface area contributed by atoms with Gasteiger partial charge in [-0.25, -0.2) is 0 Å². The van der Waals surface area contributed by atoms with Gasteiger partial charge in [-0.2, -0.15) is 0 Å². The Morgan fingerprint density at radius 3 is 1.85 bits per heavy atom. The SMILES string of the molecule is [CH2]CCCCCCCCCC(N)=O. The van der Waals surface area contributed by atoms with Crippen LogP contribution < -0.4 is 5.73 Å². The zero-order chi connectivity index (χ0) is 9.94. The van der Waals surface area contributed by atoms with Crippen LogP contribution >= 0.6 is 0 Å². The molecule has 0 aliphatic rings. The van der Waals surface area contributed by atoms with Gasteiger partial charge < -0.3 is 5.73 Å². The van der Waals surface area contributed by atoms with Crippen LogP contribution in [0.5, 0.6) is 0 Å². The van der Waals surface area contributed by atoms with Crippen LogP contribution in [0.2, 0.25) is 0 Å². The van der Waals surface area contributed by atoms with Gasteiger partial charge in [0.05, 0.1) is 0 Å². The zero-order valence-electron chi connectivity index (χ0n) is 8.56. The number of rotatable bonds is 9. The van der Waals surface area contributed by atoms with E-state index < -0.39 is 0 Å². The van der Waals surface area contributed by atoms with Crippen molar-refractivity contribution in [3.8, 4) is 0 Å². The number of nitrogens with two attached hydrogens (primary N) is 1. The van der Waals surface area contributed by atoms with E-state index in [1.807, 2.05) is 0 Å². The Morgan fingerprint density at radius 2 is 1.38 bits per heavy atom. The Morgan fingerprint density at radius 1 is 0.923 bits per heavy atom. The topological polar surface area (TPSA) is 43.1 Å². The molecule has 0 saturated carbocycles. The van der Waals surface area contributed by atoms with Gasteiger partial charge in [-0.15, -0.1) is 0 Å². The molecule has 0 fully saturated rings. The second-order valence-corrected chi connectivity index (χ2v) is 3.54. The highest BCUT2D eigenvalue weighted by Crippen LogP contribution is 2.08. The number of hydrogen-bond donors (Lipinski definition) is 1. The van der Waals surface area contributed by atoms with E-state index in [1.165, 1.54) is 32.1 Å². The van der Waals surface area contributed by atoms with Gasteiger partial charge in [-0.05, 0) is 6.42 Å². The molecule has 1 amide bonds. The molecule has 0 heterocycles. The van der Waals surface area contributed by atoms with Crippen molar-refractivity contribution in [2.45, 2.75) is 57.8 Å². The lowest BCUT2D eigenvalue weighted by molar-refractivity contribution is -0.118. The summed E-state index contributed by atoms with van der Waals surface area (Å²) in [6.45, 7) is 3.80. The first-order chi connectivity index (χ1) is 6.27. The second kappa shape index (κ2) is 9.56. The summed E-state index contributed by atoms with van der Waals surface area (Å²) < 4.78 is 0. The number of hydrogen-bond acceptors (Lipinski definition) is 1. The predicted molar refractivity (Wildman–Crippen MR) is 56.1 cm³/mol. The summed E-state index contributed by atoms with van der Waals surface area (Å²) in [6.07, 6.45) is 10.1. The third kappa shape index (κ3) is 11.5. The van der Waals surface area contributed by atoms with Crippen molar-refractivity contribution < 1.29 is 4.79 Å². The van der Waals surface area contributed by atoms with E-state index in [4.69, 9.17) is 5.73 Å². The molecule has 0 rings (SSSR count). The minimum absolute atomic E-state index is 0.169. The van der Waals surface area contributed by atoms with Crippen LogP contribution in [-0.4, -0.2) is 5.91 Å². The lowest BCUT2D eigenvalue weighted by atomic mass is 10.1. The van der Waals surface area contributed by atoms with Crippen LogP contribution in [-0.2, 0) is 4.79 Å². The number of carbonyl (C=O) groups excluding carboxylic acids is 1. The highest BCUT2D eigenvalue weighted by Gasteiger charge is 1.94. The third-order valence-electron chi connectivity index (χ3n) is 2.17. The van der Waals surface area contributed by atoms with Gasteiger partial charge in [0.2, 0.25) is 5.91 Å². The summed E-state index contributed by atoms with van der Waals surface area (Å²) >= 11 is 0. The first kappa shape index (κ1) is 12.5. The quantitative estimate of drug-likeness (QED) is 0.550. The lowest BCUT2D eigenvalue weighted by Crippen LogP contribution is -2.09. The van der Waals surface area contributed by atoms with E-state index in [2.05, 4.69) is 6.92 Å². The summed E-state index contributed by atoms with van der Waals surface area (Å²) in [4.78, 5) is 10.4. The van der Waals surface area contributed by atoms with Crippen LogP contribution in [0.1, 0.15) is 57.8 Å². The Kier molecular flexibility index (Phi) is 9.17. The second-order valence-electron chi connectivity index (χ2n) is 3.54. The number of carbonyl (C=O) groups is 1. The smallest absolute Gasteiger partial charge is 0.217 e. The van der Waals surface area contributed by atoms with Crippen molar-refractivity contribution in [3.05, 3.63) is 6.92 Å². The fourth-order valence-corrected chi connectivity index (χ4v) is 1.36. The first-order valence-electron chi connectivity index (χ1n) is 5.35. The van der Waals surface area contributed by atoms with Crippen molar-refractivity contribution >= 4 is 5.91 Å². The Bertz CT molecular complexity index is 123. The largest absolute Gasteiger partial charge is 0.370 e. The molecule has 13 heavy (non-hydrogen) atoms. The molecular formula is C11H22NO. The zero-order valence-corrected chi connectivity index (χ0v) is 8.56. The van der Waals surface area contributed by atoms with E-state index in [1.54, 1.807) is 0 Å². The van der Waals surface area contributed by atoms with Gasteiger partial charge in [0, 0.05) is 6.42 Å². The highest BCUT2D eigenvalue weighted by atomic mass is 16.1. The minimum Gasteiger partial charge on any atom is -0.370 e. The molecule has 0 aliphatic carbocycles. The maximum atomic E-state index is 10.4. The number of unbranched alkanes of at least 4 members (excludes halogenated alkanes) is 7. The maximum Gasteiger partial charge on any atom is 0.217 e. The van der Waals surface area contributed by atoms with Gasteiger partial charge in [0.25, 0.3) is 0 Å². The Labute approximate surface area is 81.9 Å². The molecule has 0 aliphatic heterocycles. The number of primary amides is 1. The van der Waals surface area contributed by atoms with E-state index in [9.17, 15) is 4.79 Å². The Hall–Kier alpha value is -0.530. The van der Waals surface area contributed by atoms with Crippen molar-refractivity contribution in [3.63, 3.8) is 0 Å². The fourth-order valence-electron chi connectivity index (χ4n) is 1.36. The molecule has 0 spiro atoms. The van der Waals surface area contributed by atoms with Crippen LogP contribution in [0.25, 0.3) is 0 Å². The molecule has 0 aromatic rings. The standard InChI is InChI=1S/C11H22NO/c1-2-3-4-5-6-7-8-9-10-11(12)13/h1-10H2,(H2,12,13). The van der Waals surface area contributed by atoms with Crippen LogP contribution in [0.15, 0.2) is 0 Å². The molecule has 0 unspecified atom stereocenters. The van der Waals surface area contributed by atoms with Crippen LogP contribution in [0, 0.1) is 6.92 Å². The molecular weight excluding hydrogens is 162 g/mol. The van der Waals surface area contributed by atoms with Gasteiger partial charge in [0.1, 0.15) is 0 Å². The normalized spacial score (nSPS) is 10.2. The average Bonchev–Trinajstić information content (AvgIpc) is 2.09. The van der Waals surface area contributed by atoms with Crippen molar-refractivity contribution in [1.82, 2.24) is 0 Å². The summed E-state index contributed by atoms with van der Waals surface area (Å²) in [6, 6.07) is 0. The summed E-state index contributed by atoms with van der Waals surface area (Å²) in [5.74, 6) is -0.169. The molecule has 0 aromatic heterocycles. The van der Waals surface area contributed by atoms with E-state index in [-0.39, 0.29) is 5.91 Å². The van der Waals surface area contributed by atoms with Crippen LogP contribution in [0.4, 0.5) is 0 Å². The van der Waals surface area contributed by atoms with Gasteiger partial charge in [-0.1, -0.05) is 51.9 Å². The van der Waals surface area contributed by atoms with Crippen molar-refractivity contribution in [1.29, 1.82) is 0 Å². The maximum absolute atomic E-state index is 10.4. The van der Waals surface area contributed by atoms with Crippen molar-refractivity contribution in [2.75, 3.05) is 0 Å². The molecule has 2 nitrogen and oxygen atoms in total. The molecule has 2 N–H and O–H groups in total. The van der Waals surface area contributed by atoms with Crippen LogP contribution in [0.3, 0.4) is 0 Å². The molecule has 77 valence electrons. The number of amides is 1. The average molecular weight is 184 g/mol. The van der Waals surface area contributed by atoms with E-state index in [0.29, 0.717) is 6.42 Å². The first-order valence-corrected chi connectivity index (χ1v) is 5.35. The molecule has 0 saturated heterocycles. The lowest BCUT2D eigenvalue weighted by Gasteiger charge is -1.99. The molecule has 1 radical (unpaired) electrons. The van der Waals surface area contributed by atoms with E-state index >= 15 is 0 Å². The van der Waals surface area contributed by atoms with Gasteiger partial charge in [-0.3, -0.25) is 4.79 Å². The fraction of sp³-hybridized carbons (Fsp3) is 0.818. The van der Waals surface area contributed by atoms with Crippen molar-refractivity contribution in [2.24, 2.45) is 5.73 Å². The molecule has 0 bridgehead atoms. The molecule has 0 atom stereocenters.